The van der Waals surface area contributed by atoms with Crippen LogP contribution < -0.4 is 32.1 Å². The number of nitrogens with one attached hydrogen (secondary N) is 4. The molecule has 0 bridgehead atoms. The summed E-state index contributed by atoms with van der Waals surface area (Å²) in [5, 5.41) is 8.94. The number of rotatable bonds is 19. The predicted octanol–water partition coefficient (Wildman–Crippen LogP) is 4.59. The van der Waals surface area contributed by atoms with Crippen molar-refractivity contribution in [2.24, 2.45) is 12.8 Å². The van der Waals surface area contributed by atoms with Gasteiger partial charge in [0.1, 0.15) is 36.2 Å². The Morgan fingerprint density at radius 1 is 0.917 bits per heavy atom. The first-order valence-electron chi connectivity index (χ1n) is 24.3. The third kappa shape index (κ3) is 11.5. The second kappa shape index (κ2) is 22.0. The molecule has 0 saturated carbocycles. The van der Waals surface area contributed by atoms with Gasteiger partial charge in [-0.25, -0.2) is 4.79 Å². The van der Waals surface area contributed by atoms with Crippen LogP contribution in [-0.4, -0.2) is 101 Å². The van der Waals surface area contributed by atoms with Crippen LogP contribution in [0.4, 0.5) is 0 Å². The van der Waals surface area contributed by atoms with Crippen molar-refractivity contribution in [1.29, 1.82) is 0 Å². The molecule has 8 rings (SSSR count). The number of carbonyl (C=O) groups is 7. The van der Waals surface area contributed by atoms with Crippen molar-refractivity contribution < 1.29 is 52.7 Å². The Balaban J connectivity index is 0.859. The lowest BCUT2D eigenvalue weighted by Crippen LogP contribution is -2.57. The van der Waals surface area contributed by atoms with Crippen LogP contribution in [-0.2, 0) is 48.4 Å². The van der Waals surface area contributed by atoms with E-state index in [0.29, 0.717) is 71.2 Å². The number of amides is 6. The van der Waals surface area contributed by atoms with Crippen LogP contribution in [0.15, 0.2) is 65.5 Å². The molecule has 20 nitrogen and oxygen atoms in total. The summed E-state index contributed by atoms with van der Waals surface area (Å²) in [6, 6.07) is 13.2. The molecule has 3 aliphatic heterocycles. The molecule has 8 N–H and O–H groups in total. The van der Waals surface area contributed by atoms with Crippen molar-refractivity contribution in [3.63, 3.8) is 0 Å². The maximum absolute atomic E-state index is 14.3. The largest absolute Gasteiger partial charge is 0.490 e. The molecule has 3 aromatic carbocycles. The fraction of sp³-hybridized carbons (Fsp3) is 0.440. The number of H-pyrrole nitrogens is 1. The monoisotopic (exact) mass is 1030 g/mol. The number of nitrogens with two attached hydrogens (primary N) is 1. The molecule has 6 amide bonds. The fourth-order valence-corrected chi connectivity index (χ4v) is 10.9. The number of unbranched alkanes of at least 4 members (excludes halogenated alkanes) is 2. The van der Waals surface area contributed by atoms with Gasteiger partial charge in [-0.2, -0.15) is 0 Å². The Hall–Kier alpha value is -6.60. The number of benzene rings is 3. The fourth-order valence-electron chi connectivity index (χ4n) is 10.2. The first kappa shape index (κ1) is 51.7. The van der Waals surface area contributed by atoms with E-state index < -0.39 is 66.8 Å². The average Bonchev–Trinajstić information content (AvgIpc) is 4.03. The number of hydrogen-bond donors (Lipinski definition) is 7. The van der Waals surface area contributed by atoms with E-state index in [4.69, 9.17) is 22.1 Å². The van der Waals surface area contributed by atoms with E-state index in [1.165, 1.54) is 33.4 Å². The summed E-state index contributed by atoms with van der Waals surface area (Å²) < 4.78 is 20.7. The maximum atomic E-state index is 14.3. The molecule has 1 unspecified atom stereocenters. The Morgan fingerprint density at radius 3 is 2.46 bits per heavy atom. The topological polar surface area (TPSA) is 294 Å². The van der Waals surface area contributed by atoms with E-state index in [1.54, 1.807) is 18.0 Å². The van der Waals surface area contributed by atoms with Crippen LogP contribution in [0.25, 0.3) is 21.9 Å². The number of piperidine rings is 1. The van der Waals surface area contributed by atoms with Gasteiger partial charge in [-0.05, 0) is 118 Å². The van der Waals surface area contributed by atoms with Crippen LogP contribution >= 0.6 is 19.2 Å². The second-order valence-electron chi connectivity index (χ2n) is 19.0. The Bertz CT molecular complexity index is 3070. The van der Waals surface area contributed by atoms with Crippen LogP contribution in [0.5, 0.6) is 5.75 Å². The van der Waals surface area contributed by atoms with E-state index in [2.05, 4.69) is 20.9 Å². The molecule has 3 fully saturated rings. The molecule has 0 aliphatic carbocycles. The summed E-state index contributed by atoms with van der Waals surface area (Å²) in [7, 11) is -3.36. The van der Waals surface area contributed by atoms with Crippen LogP contribution in [0.2, 0.25) is 5.02 Å². The van der Waals surface area contributed by atoms with Gasteiger partial charge in [0.05, 0.1) is 22.1 Å². The summed E-state index contributed by atoms with van der Waals surface area (Å²) in [5.41, 5.74) is 7.42. The number of nitrogens with zero attached hydrogens (tertiary/aromatic N) is 3. The van der Waals surface area contributed by atoms with E-state index >= 15 is 0 Å². The standard InChI is InChI=1S/C50H58ClN8O12P/c1-57-40-24-28(14-19-37(40)59(50(57)67)39-21-23-43(61)56-47(39)64)8-3-2-4-9-29-10-7-13-41(44(29)51)71-27-32(16-22-42(52)60)53-46(63)38-20-17-33-11-5-6-12-35(48(65)58(33)38)55-45(62)36-26-31-25-30(15-18-34(31)54-36)49(66)72(68,69)70/h7,10,13-15,18-19,24-26,32-33,35,38-39,54H,2-6,8-9,11-12,16-17,20-23,27H2,1H3,(H2,52,60)(H,53,63)(H,55,62)(H,56,61,64)(H2,68,69,70)/t32-,33-,35-,38-,39?/m0/s1. The number of hydrogen-bond acceptors (Lipinski definition) is 10. The smallest absolute Gasteiger partial charge is 0.396 e. The highest BCUT2D eigenvalue weighted by molar-refractivity contribution is 7.70. The van der Waals surface area contributed by atoms with E-state index in [1.807, 2.05) is 30.3 Å². The summed E-state index contributed by atoms with van der Waals surface area (Å²) in [4.78, 5) is 127. The number of halogens is 1. The maximum Gasteiger partial charge on any atom is 0.396 e. The normalized spacial score (nSPS) is 19.9. The molecule has 0 spiro atoms. The first-order chi connectivity index (χ1) is 34.4. The predicted molar refractivity (Wildman–Crippen MR) is 265 cm³/mol. The zero-order valence-electron chi connectivity index (χ0n) is 39.7. The third-order valence-corrected chi connectivity index (χ3v) is 15.2. The average molecular weight is 1030 g/mol. The summed E-state index contributed by atoms with van der Waals surface area (Å²) in [6.07, 6.45) is 7.95. The van der Waals surface area contributed by atoms with Gasteiger partial charge >= 0.3 is 13.3 Å². The molecule has 3 aliphatic rings. The number of aromatic nitrogens is 3. The number of imidazole rings is 1. The van der Waals surface area contributed by atoms with E-state index in [-0.39, 0.29) is 61.2 Å². The Morgan fingerprint density at radius 2 is 1.69 bits per heavy atom. The molecule has 72 heavy (non-hydrogen) atoms. The zero-order valence-corrected chi connectivity index (χ0v) is 41.3. The number of fused-ring (bicyclic) bond motifs is 3. The van der Waals surface area contributed by atoms with Gasteiger partial charge in [-0.3, -0.25) is 52.6 Å². The molecule has 2 aromatic heterocycles. The lowest BCUT2D eigenvalue weighted by Gasteiger charge is -2.35. The zero-order chi connectivity index (χ0) is 51.4. The number of carbonyl (C=O) groups excluding carboxylic acids is 7. The SMILES string of the molecule is Cn1c(=O)n(C2CCC(=O)NC2=O)c2ccc(CCCCCc3cccc(OC[C@H](CCC(N)=O)NC(=O)[C@@H]4CC[C@@H]5CCCC[C@H](NC(=O)c6cc7cc(C(=O)P(=O)(O)O)ccc7[nH]6)C(=O)N54)c3Cl)cc21. The lowest BCUT2D eigenvalue weighted by atomic mass is 9.98. The van der Waals surface area contributed by atoms with Crippen LogP contribution in [0.1, 0.15) is 121 Å². The molecule has 3 saturated heterocycles. The number of imide groups is 1. The summed E-state index contributed by atoms with van der Waals surface area (Å²) >= 11 is 6.89. The van der Waals surface area contributed by atoms with Gasteiger partial charge < -0.3 is 40.8 Å². The van der Waals surface area contributed by atoms with Gasteiger partial charge in [-0.1, -0.05) is 49.1 Å². The number of aromatic amines is 1. The highest BCUT2D eigenvalue weighted by Crippen LogP contribution is 2.40. The van der Waals surface area contributed by atoms with Crippen LogP contribution in [0.3, 0.4) is 0 Å². The van der Waals surface area contributed by atoms with Crippen molar-refractivity contribution in [1.82, 2.24) is 35.0 Å². The van der Waals surface area contributed by atoms with Crippen molar-refractivity contribution in [2.45, 2.75) is 127 Å². The minimum Gasteiger partial charge on any atom is -0.490 e. The number of aryl methyl sites for hydroxylation is 3. The molecular formula is C50H58ClN8O12P. The Labute approximate surface area is 418 Å². The molecule has 5 heterocycles. The summed E-state index contributed by atoms with van der Waals surface area (Å²) in [5.74, 6) is -2.43. The van der Waals surface area contributed by atoms with E-state index in [0.717, 1.165) is 43.2 Å². The van der Waals surface area contributed by atoms with Crippen molar-refractivity contribution in [2.75, 3.05) is 6.61 Å². The van der Waals surface area contributed by atoms with Gasteiger partial charge in [0.25, 0.3) is 11.4 Å². The molecule has 0 radical (unpaired) electrons. The van der Waals surface area contributed by atoms with Gasteiger partial charge in [0.2, 0.25) is 29.5 Å². The first-order valence-corrected chi connectivity index (χ1v) is 26.3. The van der Waals surface area contributed by atoms with Crippen LogP contribution in [0, 0.1) is 0 Å². The molecule has 22 heteroatoms. The van der Waals surface area contributed by atoms with Gasteiger partial charge in [-0.15, -0.1) is 0 Å². The number of primary amides is 1. The Kier molecular flexibility index (Phi) is 15.8. The van der Waals surface area contributed by atoms with Gasteiger partial charge in [0, 0.05) is 42.4 Å². The number of ether oxygens (including phenoxy) is 1. The van der Waals surface area contributed by atoms with Crippen molar-refractivity contribution >= 4 is 82.1 Å². The second-order valence-corrected chi connectivity index (χ2v) is 20.8. The third-order valence-electron chi connectivity index (χ3n) is 14.0. The molecular weight excluding hydrogens is 971 g/mol. The highest BCUT2D eigenvalue weighted by atomic mass is 35.5. The molecule has 5 aromatic rings. The van der Waals surface area contributed by atoms with Gasteiger partial charge in [0.15, 0.2) is 0 Å². The minimum atomic E-state index is -5.03. The molecule has 382 valence electrons. The quantitative estimate of drug-likeness (QED) is 0.0340. The highest BCUT2D eigenvalue weighted by Gasteiger charge is 2.44. The lowest BCUT2D eigenvalue weighted by molar-refractivity contribution is -0.143. The van der Waals surface area contributed by atoms with Crippen molar-refractivity contribution in [3.05, 3.63) is 98.6 Å². The molecule has 5 atom stereocenters. The summed E-state index contributed by atoms with van der Waals surface area (Å²) in [6.45, 7) is -0.0444. The van der Waals surface area contributed by atoms with Crippen molar-refractivity contribution in [3.8, 4) is 5.75 Å². The van der Waals surface area contributed by atoms with E-state index in [9.17, 15) is 52.7 Å². The minimum absolute atomic E-state index is 0.0394.